The number of rotatable bonds is 5. The lowest BCUT2D eigenvalue weighted by Crippen LogP contribution is -2.36. The van der Waals surface area contributed by atoms with Crippen LogP contribution in [0.1, 0.15) is 10.5 Å². The molecule has 0 radical (unpaired) electrons. The van der Waals surface area contributed by atoms with Gasteiger partial charge in [-0.15, -0.1) is 0 Å². The van der Waals surface area contributed by atoms with Gasteiger partial charge in [-0.25, -0.2) is 23.4 Å². The first-order chi connectivity index (χ1) is 22.7. The number of fused-ring (bicyclic) bond motifs is 1. The van der Waals surface area contributed by atoms with E-state index >= 15 is 0 Å². The average molecular weight is 668 g/mol. The number of nitrogens with zero attached hydrogens (tertiary/aromatic N) is 3. The van der Waals surface area contributed by atoms with E-state index in [9.17, 15) is 32.0 Å². The summed E-state index contributed by atoms with van der Waals surface area (Å²) >= 11 is 0. The average Bonchev–Trinajstić information content (AvgIpc) is 3.49. The van der Waals surface area contributed by atoms with Crippen molar-refractivity contribution >= 4 is 28.7 Å². The molecule has 0 unspecified atom stereocenters. The Morgan fingerprint density at radius 2 is 1.58 bits per heavy atom. The molecule has 2 aromatic carbocycles. The third-order valence-corrected chi connectivity index (χ3v) is 6.19. The Kier molecular flexibility index (Phi) is 10.5. The predicted octanol–water partition coefficient (Wildman–Crippen LogP) is 6.60. The molecule has 6 aromatic rings. The summed E-state index contributed by atoms with van der Waals surface area (Å²) in [5, 5.41) is 28.4. The Morgan fingerprint density at radius 1 is 0.875 bits per heavy atom. The molecule has 0 amide bonds. The highest BCUT2D eigenvalue weighted by molar-refractivity contribution is 5.88. The molecule has 0 spiro atoms. The van der Waals surface area contributed by atoms with Crippen LogP contribution in [0.4, 0.5) is 27.6 Å². The van der Waals surface area contributed by atoms with Crippen molar-refractivity contribution in [1.29, 1.82) is 0 Å². The maximum absolute atomic E-state index is 14.0. The van der Waals surface area contributed by atoms with E-state index in [1.807, 2.05) is 18.2 Å². The van der Waals surface area contributed by atoms with Crippen molar-refractivity contribution in [2.24, 2.45) is 0 Å². The van der Waals surface area contributed by atoms with Crippen LogP contribution < -0.4 is 15.2 Å². The number of nitrogens with one attached hydrogen (secondary N) is 1. The van der Waals surface area contributed by atoms with E-state index in [4.69, 9.17) is 25.5 Å². The summed E-state index contributed by atoms with van der Waals surface area (Å²) in [5.74, 6) is -4.36. The smallest absolute Gasteiger partial charge is 0.490 e. The summed E-state index contributed by atoms with van der Waals surface area (Å²) in [6, 6.07) is 21.1. The molecule has 0 aliphatic carbocycles. The van der Waals surface area contributed by atoms with Gasteiger partial charge < -0.3 is 30.9 Å². The first-order valence-electron chi connectivity index (χ1n) is 13.4. The molecule has 11 nitrogen and oxygen atoms in total. The predicted molar refractivity (Wildman–Crippen MR) is 162 cm³/mol. The van der Waals surface area contributed by atoms with Gasteiger partial charge in [-0.05, 0) is 66.7 Å². The summed E-state index contributed by atoms with van der Waals surface area (Å²) in [4.78, 5) is 31.3. The number of alkyl halides is 3. The number of aromatic carboxylic acids is 1. The van der Waals surface area contributed by atoms with Gasteiger partial charge in [0.1, 0.15) is 17.2 Å². The van der Waals surface area contributed by atoms with Crippen molar-refractivity contribution in [2.45, 2.75) is 6.18 Å². The molecule has 0 atom stereocenters. The van der Waals surface area contributed by atoms with Crippen molar-refractivity contribution < 1.29 is 51.2 Å². The first-order valence-corrected chi connectivity index (χ1v) is 13.4. The summed E-state index contributed by atoms with van der Waals surface area (Å²) in [6.07, 6.45) is -0.00981. The van der Waals surface area contributed by atoms with Gasteiger partial charge in [0.25, 0.3) is 0 Å². The topological polar surface area (TPSA) is 178 Å². The van der Waals surface area contributed by atoms with Gasteiger partial charge in [0.15, 0.2) is 11.6 Å². The van der Waals surface area contributed by atoms with Crippen LogP contribution in [-0.2, 0) is 4.79 Å². The minimum absolute atomic E-state index is 0.112. The highest BCUT2D eigenvalue weighted by Crippen LogP contribution is 2.33. The second kappa shape index (κ2) is 14.7. The molecular formula is C32H22F5N5O6. The lowest BCUT2D eigenvalue weighted by molar-refractivity contribution is -0.596. The number of pyridine rings is 3. The molecule has 246 valence electrons. The number of hydrogen-bond acceptors (Lipinski definition) is 7. The Balaban J connectivity index is 0.000000189. The molecule has 0 fully saturated rings. The number of benzene rings is 2. The Morgan fingerprint density at radius 3 is 2.19 bits per heavy atom. The van der Waals surface area contributed by atoms with Gasteiger partial charge in [0.2, 0.25) is 5.69 Å². The van der Waals surface area contributed by atoms with Gasteiger partial charge in [-0.1, -0.05) is 0 Å². The lowest BCUT2D eigenvalue weighted by atomic mass is 10.1. The molecule has 48 heavy (non-hydrogen) atoms. The minimum atomic E-state index is -5.08. The van der Waals surface area contributed by atoms with Crippen LogP contribution in [-0.4, -0.2) is 43.3 Å². The van der Waals surface area contributed by atoms with Crippen LogP contribution in [0.15, 0.2) is 104 Å². The number of aromatic nitrogens is 4. The van der Waals surface area contributed by atoms with Crippen LogP contribution in [0, 0.1) is 16.8 Å². The minimum Gasteiger partial charge on any atom is -0.618 e. The zero-order valence-corrected chi connectivity index (χ0v) is 24.2. The highest BCUT2D eigenvalue weighted by atomic mass is 19.4. The van der Waals surface area contributed by atoms with Crippen molar-refractivity contribution in [2.75, 3.05) is 5.73 Å². The molecule has 4 heterocycles. The lowest BCUT2D eigenvalue weighted by Gasteiger charge is -2.07. The number of aliphatic carboxylic acids is 1. The van der Waals surface area contributed by atoms with Crippen molar-refractivity contribution in [3.63, 3.8) is 0 Å². The van der Waals surface area contributed by atoms with Gasteiger partial charge in [-0.2, -0.15) is 17.9 Å². The fourth-order valence-electron chi connectivity index (χ4n) is 3.98. The molecule has 0 aliphatic rings. The van der Waals surface area contributed by atoms with E-state index in [-0.39, 0.29) is 17.1 Å². The number of nitrogens with two attached hydrogens (primary N) is 1. The first kappa shape index (κ1) is 34.3. The third-order valence-electron chi connectivity index (χ3n) is 6.19. The second-order valence-corrected chi connectivity index (χ2v) is 9.49. The Hall–Kier alpha value is -6.58. The summed E-state index contributed by atoms with van der Waals surface area (Å²) in [5.41, 5.74) is 8.62. The zero-order valence-electron chi connectivity index (χ0n) is 24.2. The summed E-state index contributed by atoms with van der Waals surface area (Å²) in [6.45, 7) is 0. The normalized spacial score (nSPS) is 10.7. The Bertz CT molecular complexity index is 2060. The van der Waals surface area contributed by atoms with E-state index in [0.29, 0.717) is 27.4 Å². The number of ether oxygens (including phenoxy) is 1. The van der Waals surface area contributed by atoms with E-state index in [2.05, 4.69) is 15.0 Å². The molecular weight excluding hydrogens is 645 g/mol. The van der Waals surface area contributed by atoms with Crippen molar-refractivity contribution in [1.82, 2.24) is 15.0 Å². The summed E-state index contributed by atoms with van der Waals surface area (Å²) < 4.78 is 64.5. The number of carbonyl (C=O) groups is 2. The quantitative estimate of drug-likeness (QED) is 0.0683. The van der Waals surface area contributed by atoms with E-state index < -0.39 is 29.7 Å². The van der Waals surface area contributed by atoms with Crippen LogP contribution in [0.3, 0.4) is 0 Å². The third kappa shape index (κ3) is 8.57. The molecule has 0 saturated heterocycles. The fraction of sp³-hybridized carbons (Fsp3) is 0.0312. The number of nitrogen functional groups attached to an aromatic ring is 1. The number of aromatic amines is 1. The highest BCUT2D eigenvalue weighted by Gasteiger charge is 2.38. The largest absolute Gasteiger partial charge is 0.618 e. The number of H-pyrrole nitrogens is 1. The molecule has 6 rings (SSSR count). The van der Waals surface area contributed by atoms with Crippen molar-refractivity contribution in [3.05, 3.63) is 126 Å². The van der Waals surface area contributed by atoms with Crippen molar-refractivity contribution in [3.8, 4) is 34.0 Å². The molecule has 16 heteroatoms. The number of hydrogen-bond donors (Lipinski definition) is 4. The van der Waals surface area contributed by atoms with Crippen LogP contribution in [0.25, 0.3) is 33.5 Å². The second-order valence-electron chi connectivity index (χ2n) is 9.49. The van der Waals surface area contributed by atoms with Gasteiger partial charge in [0.05, 0.1) is 5.39 Å². The maximum atomic E-state index is 14.0. The molecule has 5 N–H and O–H groups in total. The van der Waals surface area contributed by atoms with Crippen LogP contribution >= 0.6 is 0 Å². The van der Waals surface area contributed by atoms with Gasteiger partial charge in [0, 0.05) is 59.3 Å². The van der Waals surface area contributed by atoms with E-state index in [1.165, 1.54) is 54.6 Å². The standard InChI is InChI=1S/C18H13FN4O.C12H8FNO3.C2HF3O2/c19-14-8-12(20)3-4-17(14)24-16-5-7-22-18-13(16)9-15(23-18)11-2-1-6-21-10-11;13-9-6-4-8(5-7-9)10-2-1-3-11(12(15)16)14(10)17;3-2(4,5)1(6)7/h1-10H,20H2,(H,22,23);1-7H,(H,15,16);(H,6,7). The molecule has 4 aromatic heterocycles. The molecule has 0 saturated carbocycles. The number of anilines is 1. The zero-order chi connectivity index (χ0) is 35.0. The van der Waals surface area contributed by atoms with E-state index in [1.54, 1.807) is 30.7 Å². The molecule has 0 bridgehead atoms. The van der Waals surface area contributed by atoms with Gasteiger partial charge in [-0.3, -0.25) is 4.98 Å². The monoisotopic (exact) mass is 667 g/mol. The Labute approximate surface area is 266 Å². The van der Waals surface area contributed by atoms with Crippen LogP contribution in [0.2, 0.25) is 0 Å². The number of carboxylic acids is 2. The number of halogens is 5. The number of carboxylic acid groups (broad SMARTS) is 2. The molecule has 0 aliphatic heterocycles. The van der Waals surface area contributed by atoms with Gasteiger partial charge >= 0.3 is 23.8 Å². The fourth-order valence-corrected chi connectivity index (χ4v) is 3.98. The van der Waals surface area contributed by atoms with E-state index in [0.717, 1.165) is 16.6 Å². The van der Waals surface area contributed by atoms with Crippen LogP contribution in [0.5, 0.6) is 11.5 Å². The SMILES string of the molecule is Nc1ccc(Oc2ccnc3[nH]c(-c4cccnc4)cc23)c(F)c1.O=C(O)C(F)(F)F.O=C(O)c1cccc(-c2ccc(F)cc2)[n+]1[O-]. The summed E-state index contributed by atoms with van der Waals surface area (Å²) in [7, 11) is 0. The maximum Gasteiger partial charge on any atom is 0.490 e.